The summed E-state index contributed by atoms with van der Waals surface area (Å²) >= 11 is 5.79. The number of halogens is 4. The molecule has 4 heterocycles. The van der Waals surface area contributed by atoms with Crippen LogP contribution in [0.3, 0.4) is 0 Å². The van der Waals surface area contributed by atoms with E-state index < -0.39 is 11.7 Å². The van der Waals surface area contributed by atoms with Gasteiger partial charge in [-0.15, -0.1) is 0 Å². The molecule has 1 aliphatic heterocycles. The second kappa shape index (κ2) is 11.3. The van der Waals surface area contributed by atoms with Crippen molar-refractivity contribution in [2.24, 2.45) is 0 Å². The minimum atomic E-state index is -4.45. The molecule has 1 N–H and O–H groups in total. The van der Waals surface area contributed by atoms with Crippen molar-refractivity contribution in [1.82, 2.24) is 25.3 Å². The van der Waals surface area contributed by atoms with Crippen molar-refractivity contribution in [2.45, 2.75) is 45.0 Å². The molecule has 0 amide bonds. The average molecular weight is 494 g/mol. The van der Waals surface area contributed by atoms with Gasteiger partial charge in [0.2, 0.25) is 5.88 Å². The Morgan fingerprint density at radius 3 is 2.53 bits per heavy atom. The van der Waals surface area contributed by atoms with E-state index in [1.165, 1.54) is 0 Å². The van der Waals surface area contributed by atoms with Crippen LogP contribution in [0.1, 0.15) is 41.3 Å². The Bertz CT molecular complexity index is 1120. The van der Waals surface area contributed by atoms with E-state index in [0.29, 0.717) is 17.1 Å². The lowest BCUT2D eigenvalue weighted by molar-refractivity contribution is -0.137. The first-order valence-corrected chi connectivity index (χ1v) is 10.9. The summed E-state index contributed by atoms with van der Waals surface area (Å²) in [6.07, 6.45) is 3.62. The van der Waals surface area contributed by atoms with Crippen LogP contribution in [-0.4, -0.2) is 44.9 Å². The quantitative estimate of drug-likeness (QED) is 0.515. The fourth-order valence-electron chi connectivity index (χ4n) is 3.30. The number of aldehydes is 1. The molecule has 0 bridgehead atoms. The second-order valence-corrected chi connectivity index (χ2v) is 8.04. The van der Waals surface area contributed by atoms with Gasteiger partial charge in [-0.05, 0) is 57.0 Å². The highest BCUT2D eigenvalue weighted by Gasteiger charge is 2.32. The average Bonchev–Trinajstić information content (AvgIpc) is 2.82. The highest BCUT2D eigenvalue weighted by atomic mass is 35.5. The molecule has 34 heavy (non-hydrogen) atoms. The summed E-state index contributed by atoms with van der Waals surface area (Å²) in [5.41, 5.74) is 1.08. The fraction of sp³-hybridized carbons (Fsp3) is 0.348. The van der Waals surface area contributed by atoms with Crippen LogP contribution in [0, 0.1) is 6.92 Å². The van der Waals surface area contributed by atoms with Crippen LogP contribution in [0.4, 0.5) is 13.2 Å². The number of piperidine rings is 1. The van der Waals surface area contributed by atoms with E-state index in [2.05, 4.69) is 25.3 Å². The van der Waals surface area contributed by atoms with Crippen molar-refractivity contribution in [3.8, 4) is 17.4 Å². The normalized spacial score (nSPS) is 17.9. The molecule has 11 heteroatoms. The van der Waals surface area contributed by atoms with Crippen LogP contribution in [0.25, 0.3) is 11.5 Å². The first-order valence-electron chi connectivity index (χ1n) is 10.5. The van der Waals surface area contributed by atoms with E-state index in [0.717, 1.165) is 43.5 Å². The Kier molecular flexibility index (Phi) is 8.51. The van der Waals surface area contributed by atoms with Crippen LogP contribution in [0.5, 0.6) is 5.88 Å². The smallest absolute Gasteiger partial charge is 0.417 e. The predicted molar refractivity (Wildman–Crippen MR) is 121 cm³/mol. The van der Waals surface area contributed by atoms with E-state index in [9.17, 15) is 18.0 Å². The summed E-state index contributed by atoms with van der Waals surface area (Å²) in [4.78, 5) is 26.9. The number of hydrogen-bond donors (Lipinski definition) is 1. The number of carbonyl (C=O) groups excluding carboxylic acids is 1. The zero-order chi connectivity index (χ0) is 24.7. The van der Waals surface area contributed by atoms with E-state index in [1.54, 1.807) is 30.7 Å². The molecular weight excluding hydrogens is 471 g/mol. The number of nitrogens with one attached hydrogen (secondary N) is 1. The van der Waals surface area contributed by atoms with Gasteiger partial charge in [0.1, 0.15) is 16.8 Å². The Morgan fingerprint density at radius 1 is 1.18 bits per heavy atom. The maximum atomic E-state index is 12.5. The van der Waals surface area contributed by atoms with Gasteiger partial charge in [0.05, 0.1) is 5.56 Å². The summed E-state index contributed by atoms with van der Waals surface area (Å²) < 4.78 is 43.0. The summed E-state index contributed by atoms with van der Waals surface area (Å²) in [5.74, 6) is 0.526. The number of ether oxygens (including phenoxy) is 1. The molecule has 2 atom stereocenters. The highest BCUT2D eigenvalue weighted by molar-refractivity contribution is 6.31. The third-order valence-electron chi connectivity index (χ3n) is 5.19. The number of carbonyl (C=O) groups is 1. The molecule has 0 saturated carbocycles. The number of alkyl halides is 3. The molecular formula is C23H23ClF3N5O2. The van der Waals surface area contributed by atoms with E-state index in [1.807, 2.05) is 13.8 Å². The third-order valence-corrected chi connectivity index (χ3v) is 5.46. The van der Waals surface area contributed by atoms with Gasteiger partial charge in [-0.1, -0.05) is 11.6 Å². The molecule has 4 rings (SSSR count). The summed E-state index contributed by atoms with van der Waals surface area (Å²) in [6, 6.07) is 4.47. The van der Waals surface area contributed by atoms with Crippen molar-refractivity contribution in [3.63, 3.8) is 0 Å². The molecule has 3 aromatic heterocycles. The van der Waals surface area contributed by atoms with Crippen LogP contribution in [0.15, 0.2) is 43.0 Å². The molecule has 3 aromatic rings. The highest BCUT2D eigenvalue weighted by Crippen LogP contribution is 2.33. The molecule has 0 aromatic carbocycles. The van der Waals surface area contributed by atoms with Crippen molar-refractivity contribution < 1.29 is 22.7 Å². The Hall–Kier alpha value is -3.11. The summed E-state index contributed by atoms with van der Waals surface area (Å²) in [7, 11) is 0. The lowest BCUT2D eigenvalue weighted by Crippen LogP contribution is -2.45. The molecule has 0 unspecified atom stereocenters. The van der Waals surface area contributed by atoms with Gasteiger partial charge in [-0.3, -0.25) is 9.78 Å². The van der Waals surface area contributed by atoms with Gasteiger partial charge in [-0.25, -0.2) is 15.0 Å². The Morgan fingerprint density at radius 2 is 1.91 bits per heavy atom. The molecule has 7 nitrogen and oxygen atoms in total. The van der Waals surface area contributed by atoms with Crippen molar-refractivity contribution in [3.05, 3.63) is 64.7 Å². The van der Waals surface area contributed by atoms with Crippen molar-refractivity contribution in [1.29, 1.82) is 0 Å². The lowest BCUT2D eigenvalue weighted by atomic mass is 10.0. The van der Waals surface area contributed by atoms with Gasteiger partial charge in [-0.2, -0.15) is 13.2 Å². The topological polar surface area (TPSA) is 89.9 Å². The standard InChI is InChI=1S/C12H14ClF3N2O.C11H9N3O/c1-7-10(3-2-4-17-7)19-11-9(13)5-8(6-18-11)12(14,15)16;1-8-3-6-12-10(9(8)7-15)11-13-4-2-5-14-11/h5-7,10,17H,2-4H2,1H3;2-7H,1H3/t7-,10+;/m0./s1. The number of nitrogens with zero attached hydrogens (tertiary/aromatic N) is 4. The van der Waals surface area contributed by atoms with Crippen LogP contribution >= 0.6 is 11.6 Å². The monoisotopic (exact) mass is 493 g/mol. The van der Waals surface area contributed by atoms with Crippen LogP contribution in [0.2, 0.25) is 5.02 Å². The fourth-order valence-corrected chi connectivity index (χ4v) is 3.51. The van der Waals surface area contributed by atoms with Crippen LogP contribution in [-0.2, 0) is 6.18 Å². The first kappa shape index (κ1) is 25.5. The maximum Gasteiger partial charge on any atom is 0.417 e. The minimum absolute atomic E-state index is 0.0511. The zero-order valence-electron chi connectivity index (χ0n) is 18.5. The van der Waals surface area contributed by atoms with Crippen LogP contribution < -0.4 is 10.1 Å². The van der Waals surface area contributed by atoms with E-state index >= 15 is 0 Å². The zero-order valence-corrected chi connectivity index (χ0v) is 19.3. The van der Waals surface area contributed by atoms with Gasteiger partial charge in [0, 0.05) is 36.4 Å². The second-order valence-electron chi connectivity index (χ2n) is 7.63. The molecule has 1 saturated heterocycles. The Balaban J connectivity index is 0.000000196. The molecule has 1 aliphatic rings. The van der Waals surface area contributed by atoms with E-state index in [-0.39, 0.29) is 23.0 Å². The minimum Gasteiger partial charge on any atom is -0.472 e. The van der Waals surface area contributed by atoms with Gasteiger partial charge in [0.15, 0.2) is 12.1 Å². The largest absolute Gasteiger partial charge is 0.472 e. The Labute approximate surface area is 199 Å². The molecule has 0 radical (unpaired) electrons. The summed E-state index contributed by atoms with van der Waals surface area (Å²) in [6.45, 7) is 4.73. The maximum absolute atomic E-state index is 12.5. The number of pyridine rings is 2. The lowest BCUT2D eigenvalue weighted by Gasteiger charge is -2.30. The van der Waals surface area contributed by atoms with Gasteiger partial charge in [0.25, 0.3) is 0 Å². The summed E-state index contributed by atoms with van der Waals surface area (Å²) in [5, 5.41) is 3.11. The SMILES string of the molecule is C[C@@H]1NCCC[C@H]1Oc1ncc(C(F)(F)F)cc1Cl.Cc1ccnc(-c2ncccn2)c1C=O. The number of rotatable bonds is 4. The molecule has 1 fully saturated rings. The third kappa shape index (κ3) is 6.48. The predicted octanol–water partition coefficient (Wildman–Crippen LogP) is 4.93. The molecule has 0 aliphatic carbocycles. The first-order chi connectivity index (χ1) is 16.2. The number of hydrogen-bond acceptors (Lipinski definition) is 7. The van der Waals surface area contributed by atoms with Crippen molar-refractivity contribution >= 4 is 17.9 Å². The van der Waals surface area contributed by atoms with Gasteiger partial charge < -0.3 is 10.1 Å². The molecule has 0 spiro atoms. The number of aromatic nitrogens is 4. The number of aryl methyl sites for hydroxylation is 1. The van der Waals surface area contributed by atoms with E-state index in [4.69, 9.17) is 16.3 Å². The van der Waals surface area contributed by atoms with Crippen molar-refractivity contribution in [2.75, 3.05) is 6.54 Å². The molecule has 180 valence electrons. The van der Waals surface area contributed by atoms with Gasteiger partial charge >= 0.3 is 6.18 Å².